The van der Waals surface area contributed by atoms with E-state index < -0.39 is 7.37 Å². The van der Waals surface area contributed by atoms with E-state index in [4.69, 9.17) is 10.9 Å². The van der Waals surface area contributed by atoms with Crippen LogP contribution in [0.3, 0.4) is 0 Å². The molecule has 1 aliphatic rings. The molecule has 0 aliphatic carbocycles. The van der Waals surface area contributed by atoms with E-state index in [1.54, 1.807) is 6.66 Å². The van der Waals surface area contributed by atoms with Crippen LogP contribution in [0.25, 0.3) is 0 Å². The fourth-order valence-corrected chi connectivity index (χ4v) is 3.50. The van der Waals surface area contributed by atoms with Gasteiger partial charge in [-0.25, -0.2) is 0 Å². The summed E-state index contributed by atoms with van der Waals surface area (Å²) in [6, 6.07) is 0. The van der Waals surface area contributed by atoms with Crippen LogP contribution in [-0.2, 0) is 9.09 Å². The number of hydrogen-bond donors (Lipinski definition) is 0. The monoisotopic (exact) mass is 172 g/mol. The standard InChI is InChI=1S/C8H13O2P/c1-4-7-6-11(3,9)10-8(7)5-2/h2,7-8H,4,6H2,1,3H3. The molecular formula is C8H13O2P. The van der Waals surface area contributed by atoms with Gasteiger partial charge in [-0.15, -0.1) is 6.42 Å². The maximum absolute atomic E-state index is 11.4. The third kappa shape index (κ3) is 1.86. The normalized spacial score (nSPS) is 43.7. The molecule has 62 valence electrons. The van der Waals surface area contributed by atoms with Gasteiger partial charge in [0.05, 0.1) is 0 Å². The first-order valence-electron chi connectivity index (χ1n) is 3.80. The van der Waals surface area contributed by atoms with E-state index in [1.165, 1.54) is 0 Å². The zero-order valence-corrected chi connectivity index (χ0v) is 7.80. The van der Waals surface area contributed by atoms with Crippen LogP contribution in [0.1, 0.15) is 13.3 Å². The summed E-state index contributed by atoms with van der Waals surface area (Å²) in [4.78, 5) is 0. The Bertz CT molecular complexity index is 229. The molecule has 3 atom stereocenters. The van der Waals surface area contributed by atoms with Gasteiger partial charge in [-0.3, -0.25) is 4.57 Å². The highest BCUT2D eigenvalue weighted by Gasteiger charge is 2.37. The zero-order valence-electron chi connectivity index (χ0n) is 6.91. The predicted octanol–water partition coefficient (Wildman–Crippen LogP) is 1.95. The van der Waals surface area contributed by atoms with Gasteiger partial charge in [-0.2, -0.15) is 0 Å². The van der Waals surface area contributed by atoms with E-state index in [0.717, 1.165) is 6.42 Å². The van der Waals surface area contributed by atoms with Crippen LogP contribution in [0, 0.1) is 18.3 Å². The van der Waals surface area contributed by atoms with Crippen molar-refractivity contribution in [2.75, 3.05) is 12.8 Å². The minimum atomic E-state index is -2.33. The van der Waals surface area contributed by atoms with Crippen molar-refractivity contribution in [1.29, 1.82) is 0 Å². The third-order valence-electron chi connectivity index (χ3n) is 2.02. The fourth-order valence-electron chi connectivity index (χ4n) is 1.40. The first-order chi connectivity index (χ1) is 5.09. The van der Waals surface area contributed by atoms with Crippen LogP contribution in [-0.4, -0.2) is 18.9 Å². The van der Waals surface area contributed by atoms with E-state index in [0.29, 0.717) is 12.1 Å². The molecule has 3 unspecified atom stereocenters. The topological polar surface area (TPSA) is 26.3 Å². The highest BCUT2D eigenvalue weighted by molar-refractivity contribution is 7.58. The molecule has 2 nitrogen and oxygen atoms in total. The molecule has 1 aliphatic heterocycles. The van der Waals surface area contributed by atoms with Crippen molar-refractivity contribution < 1.29 is 9.09 Å². The van der Waals surface area contributed by atoms with Crippen LogP contribution in [0.5, 0.6) is 0 Å². The van der Waals surface area contributed by atoms with E-state index >= 15 is 0 Å². The summed E-state index contributed by atoms with van der Waals surface area (Å²) in [7, 11) is -2.33. The SMILES string of the molecule is C#CC1OP(C)(=O)CC1CC. The Balaban J connectivity index is 2.72. The zero-order chi connectivity index (χ0) is 8.48. The number of terminal acetylenes is 1. The molecule has 1 fully saturated rings. The molecule has 0 radical (unpaired) electrons. The molecule has 0 saturated carbocycles. The Hall–Kier alpha value is -0.250. The molecule has 1 saturated heterocycles. The lowest BCUT2D eigenvalue weighted by Crippen LogP contribution is -2.13. The Morgan fingerprint density at radius 3 is 2.82 bits per heavy atom. The molecule has 0 aromatic rings. The number of hydrogen-bond acceptors (Lipinski definition) is 2. The first-order valence-corrected chi connectivity index (χ1v) is 6.06. The maximum atomic E-state index is 11.4. The van der Waals surface area contributed by atoms with Crippen molar-refractivity contribution >= 4 is 7.37 Å². The summed E-state index contributed by atoms with van der Waals surface area (Å²) in [5.41, 5.74) is 0. The average molecular weight is 172 g/mol. The molecule has 0 amide bonds. The average Bonchev–Trinajstić information content (AvgIpc) is 2.25. The van der Waals surface area contributed by atoms with E-state index in [-0.39, 0.29) is 6.10 Å². The Kier molecular flexibility index (Phi) is 2.42. The first kappa shape index (κ1) is 8.84. The third-order valence-corrected chi connectivity index (χ3v) is 3.82. The molecule has 0 spiro atoms. The lowest BCUT2D eigenvalue weighted by molar-refractivity contribution is 0.243. The van der Waals surface area contributed by atoms with Gasteiger partial charge in [0.1, 0.15) is 6.10 Å². The Morgan fingerprint density at radius 2 is 2.45 bits per heavy atom. The highest BCUT2D eigenvalue weighted by Crippen LogP contribution is 2.53. The van der Waals surface area contributed by atoms with Gasteiger partial charge < -0.3 is 4.52 Å². The van der Waals surface area contributed by atoms with Gasteiger partial charge in [0.15, 0.2) is 0 Å². The van der Waals surface area contributed by atoms with Crippen LogP contribution < -0.4 is 0 Å². The minimum Gasteiger partial charge on any atom is -0.312 e. The second-order valence-electron chi connectivity index (χ2n) is 3.06. The Morgan fingerprint density at radius 1 is 1.82 bits per heavy atom. The van der Waals surface area contributed by atoms with Gasteiger partial charge >= 0.3 is 0 Å². The summed E-state index contributed by atoms with van der Waals surface area (Å²) in [6.07, 6.45) is 6.61. The minimum absolute atomic E-state index is 0.212. The van der Waals surface area contributed by atoms with Gasteiger partial charge in [-0.05, 0) is 6.42 Å². The van der Waals surface area contributed by atoms with Crippen molar-refractivity contribution in [3.63, 3.8) is 0 Å². The van der Waals surface area contributed by atoms with Gasteiger partial charge in [0.2, 0.25) is 7.37 Å². The van der Waals surface area contributed by atoms with Gasteiger partial charge in [0, 0.05) is 18.7 Å². The van der Waals surface area contributed by atoms with E-state index in [9.17, 15) is 4.57 Å². The van der Waals surface area contributed by atoms with E-state index in [2.05, 4.69) is 5.92 Å². The molecular weight excluding hydrogens is 159 g/mol. The van der Waals surface area contributed by atoms with Crippen molar-refractivity contribution in [3.05, 3.63) is 0 Å². The van der Waals surface area contributed by atoms with E-state index in [1.807, 2.05) is 6.92 Å². The summed E-state index contributed by atoms with van der Waals surface area (Å²) >= 11 is 0. The summed E-state index contributed by atoms with van der Waals surface area (Å²) in [5.74, 6) is 2.83. The fraction of sp³-hybridized carbons (Fsp3) is 0.750. The summed E-state index contributed by atoms with van der Waals surface area (Å²) in [5, 5.41) is 0. The molecule has 1 heterocycles. The van der Waals surface area contributed by atoms with Crippen molar-refractivity contribution in [3.8, 4) is 12.3 Å². The van der Waals surface area contributed by atoms with Crippen LogP contribution in [0.4, 0.5) is 0 Å². The summed E-state index contributed by atoms with van der Waals surface area (Å²) in [6.45, 7) is 3.71. The molecule has 11 heavy (non-hydrogen) atoms. The highest BCUT2D eigenvalue weighted by atomic mass is 31.2. The van der Waals surface area contributed by atoms with Crippen LogP contribution in [0.2, 0.25) is 0 Å². The molecule has 0 aromatic heterocycles. The van der Waals surface area contributed by atoms with Crippen LogP contribution >= 0.6 is 7.37 Å². The van der Waals surface area contributed by atoms with Crippen LogP contribution in [0.15, 0.2) is 0 Å². The Labute approximate surface area is 67.8 Å². The molecule has 1 rings (SSSR count). The summed E-state index contributed by atoms with van der Waals surface area (Å²) < 4.78 is 16.7. The van der Waals surface area contributed by atoms with Crippen molar-refractivity contribution in [2.45, 2.75) is 19.4 Å². The predicted molar refractivity (Wildman–Crippen MR) is 45.9 cm³/mol. The van der Waals surface area contributed by atoms with Gasteiger partial charge in [0.25, 0.3) is 0 Å². The second-order valence-corrected chi connectivity index (χ2v) is 5.66. The lowest BCUT2D eigenvalue weighted by Gasteiger charge is -2.07. The largest absolute Gasteiger partial charge is 0.312 e. The smallest absolute Gasteiger partial charge is 0.201 e. The second kappa shape index (κ2) is 3.01. The molecule has 0 N–H and O–H groups in total. The van der Waals surface area contributed by atoms with Crippen molar-refractivity contribution in [2.24, 2.45) is 5.92 Å². The van der Waals surface area contributed by atoms with Crippen molar-refractivity contribution in [1.82, 2.24) is 0 Å². The lowest BCUT2D eigenvalue weighted by atomic mass is 10.0. The molecule has 3 heteroatoms. The van der Waals surface area contributed by atoms with Gasteiger partial charge in [-0.1, -0.05) is 12.8 Å². The maximum Gasteiger partial charge on any atom is 0.201 e. The molecule has 0 bridgehead atoms. The quantitative estimate of drug-likeness (QED) is 0.446. The number of rotatable bonds is 1. The molecule has 0 aromatic carbocycles.